The summed E-state index contributed by atoms with van der Waals surface area (Å²) in [5.41, 5.74) is 2.52. The van der Waals surface area contributed by atoms with Gasteiger partial charge in [0.05, 0.1) is 0 Å². The fourth-order valence-corrected chi connectivity index (χ4v) is 0.311. The first-order valence-corrected chi connectivity index (χ1v) is 2.64. The number of hydrogen-bond donors (Lipinski definition) is 3. The van der Waals surface area contributed by atoms with Gasteiger partial charge in [0.25, 0.3) is 0 Å². The van der Waals surface area contributed by atoms with Crippen molar-refractivity contribution in [1.29, 1.82) is 0 Å². The van der Waals surface area contributed by atoms with E-state index in [9.17, 15) is 0 Å². The fourth-order valence-electron chi connectivity index (χ4n) is 0.227. The molecule has 0 spiro atoms. The minimum Gasteiger partial charge on any atom is -0.355 e. The van der Waals surface area contributed by atoms with Crippen molar-refractivity contribution in [3.8, 4) is 0 Å². The van der Waals surface area contributed by atoms with Crippen molar-refractivity contribution in [3.05, 3.63) is 12.7 Å². The van der Waals surface area contributed by atoms with Crippen molar-refractivity contribution in [2.75, 3.05) is 6.54 Å². The van der Waals surface area contributed by atoms with Crippen LogP contribution in [0.3, 0.4) is 0 Å². The van der Waals surface area contributed by atoms with Gasteiger partial charge in [-0.05, 0) is 12.2 Å². The lowest BCUT2D eigenvalue weighted by Gasteiger charge is -1.98. The molecule has 0 aliphatic carbocycles. The Balaban J connectivity index is 3.11. The number of rotatable bonds is 2. The molecule has 0 saturated carbocycles. The summed E-state index contributed by atoms with van der Waals surface area (Å²) in [5.74, 6) is 3.35. The molecular weight excluding hydrogens is 122 g/mol. The van der Waals surface area contributed by atoms with E-state index in [4.69, 9.17) is 0 Å². The second-order valence-corrected chi connectivity index (χ2v) is 1.58. The maximum Gasteiger partial charge on any atom is 0.213 e. The standard InChI is InChI=1S/C4H9N3S/c1-2-3-6-4(8)7-5/h2H,1,3,5H2,(H2,6,7,8)/p+1. The van der Waals surface area contributed by atoms with Crippen LogP contribution < -0.4 is 16.6 Å². The van der Waals surface area contributed by atoms with Gasteiger partial charge in [-0.15, -0.1) is 6.58 Å². The van der Waals surface area contributed by atoms with E-state index in [2.05, 4.69) is 35.4 Å². The van der Waals surface area contributed by atoms with E-state index in [0.29, 0.717) is 11.7 Å². The van der Waals surface area contributed by atoms with Crippen molar-refractivity contribution >= 4 is 17.3 Å². The molecular formula is C4H10N3S+. The monoisotopic (exact) mass is 132 g/mol. The van der Waals surface area contributed by atoms with Crippen LogP contribution in [0.5, 0.6) is 0 Å². The van der Waals surface area contributed by atoms with Gasteiger partial charge in [-0.1, -0.05) is 6.08 Å². The summed E-state index contributed by atoms with van der Waals surface area (Å²) in [6.07, 6.45) is 1.73. The second-order valence-electron chi connectivity index (χ2n) is 1.18. The van der Waals surface area contributed by atoms with Crippen molar-refractivity contribution in [2.45, 2.75) is 0 Å². The van der Waals surface area contributed by atoms with E-state index < -0.39 is 0 Å². The Bertz CT molecular complexity index is 91.3. The molecule has 0 aliphatic heterocycles. The minimum atomic E-state index is 0.546. The smallest absolute Gasteiger partial charge is 0.213 e. The van der Waals surface area contributed by atoms with Gasteiger partial charge >= 0.3 is 0 Å². The molecule has 0 saturated heterocycles. The first kappa shape index (κ1) is 7.39. The third kappa shape index (κ3) is 3.58. The third-order valence-electron chi connectivity index (χ3n) is 0.568. The predicted molar refractivity (Wildman–Crippen MR) is 36.8 cm³/mol. The highest BCUT2D eigenvalue weighted by molar-refractivity contribution is 7.80. The van der Waals surface area contributed by atoms with Crippen molar-refractivity contribution < 1.29 is 5.84 Å². The molecule has 0 rings (SSSR count). The van der Waals surface area contributed by atoms with Crippen LogP contribution in [0.15, 0.2) is 12.7 Å². The van der Waals surface area contributed by atoms with Crippen LogP contribution in [-0.4, -0.2) is 11.7 Å². The molecule has 0 unspecified atom stereocenters. The van der Waals surface area contributed by atoms with Crippen LogP contribution in [0.1, 0.15) is 0 Å². The highest BCUT2D eigenvalue weighted by atomic mass is 32.1. The zero-order chi connectivity index (χ0) is 6.41. The van der Waals surface area contributed by atoms with Crippen LogP contribution in [0.4, 0.5) is 0 Å². The molecule has 0 aromatic carbocycles. The molecule has 8 heavy (non-hydrogen) atoms. The van der Waals surface area contributed by atoms with Gasteiger partial charge in [0.15, 0.2) is 0 Å². The SMILES string of the molecule is C=CCNC(=S)N[NH3+]. The van der Waals surface area contributed by atoms with Crippen molar-refractivity contribution in [1.82, 2.24) is 10.7 Å². The van der Waals surface area contributed by atoms with Gasteiger partial charge in [-0.3, -0.25) is 5.84 Å². The molecule has 0 fully saturated rings. The first-order chi connectivity index (χ1) is 3.81. The number of quaternary nitrogens is 1. The summed E-state index contributed by atoms with van der Waals surface area (Å²) < 4.78 is 0. The summed E-state index contributed by atoms with van der Waals surface area (Å²) in [5, 5.41) is 3.37. The molecule has 4 heteroatoms. The van der Waals surface area contributed by atoms with Gasteiger partial charge in [0, 0.05) is 6.54 Å². The summed E-state index contributed by atoms with van der Waals surface area (Å²) in [6, 6.07) is 0. The van der Waals surface area contributed by atoms with Gasteiger partial charge in [0.2, 0.25) is 5.11 Å². The van der Waals surface area contributed by atoms with E-state index in [1.807, 2.05) is 0 Å². The minimum absolute atomic E-state index is 0.546. The maximum atomic E-state index is 4.69. The lowest BCUT2D eigenvalue weighted by atomic mass is 10.6. The fraction of sp³-hybridized carbons (Fsp3) is 0.250. The highest BCUT2D eigenvalue weighted by Gasteiger charge is 1.85. The number of thiocarbonyl (C=S) groups is 1. The van der Waals surface area contributed by atoms with Gasteiger partial charge < -0.3 is 5.32 Å². The molecule has 0 atom stereocenters. The number of hydrogen-bond acceptors (Lipinski definition) is 1. The van der Waals surface area contributed by atoms with E-state index in [1.165, 1.54) is 0 Å². The van der Waals surface area contributed by atoms with Crippen molar-refractivity contribution in [2.24, 2.45) is 0 Å². The van der Waals surface area contributed by atoms with E-state index in [0.717, 1.165) is 0 Å². The summed E-state index contributed by atoms with van der Waals surface area (Å²) in [7, 11) is 0. The molecule has 0 aromatic heterocycles. The maximum absolute atomic E-state index is 4.69. The van der Waals surface area contributed by atoms with Crippen LogP contribution in [0, 0.1) is 0 Å². The summed E-state index contributed by atoms with van der Waals surface area (Å²) in [6.45, 7) is 4.18. The van der Waals surface area contributed by atoms with Crippen LogP contribution in [0.2, 0.25) is 0 Å². The summed E-state index contributed by atoms with van der Waals surface area (Å²) >= 11 is 4.69. The number of nitrogens with one attached hydrogen (secondary N) is 2. The normalized spacial score (nSPS) is 7.62. The lowest BCUT2D eigenvalue weighted by molar-refractivity contribution is -0.419. The average Bonchev–Trinajstić information content (AvgIpc) is 1.83. The molecule has 46 valence electrons. The summed E-state index contributed by atoms with van der Waals surface area (Å²) in [4.78, 5) is 0. The Morgan fingerprint density at radius 2 is 2.50 bits per heavy atom. The molecule has 5 N–H and O–H groups in total. The molecule has 0 aliphatic rings. The lowest BCUT2D eigenvalue weighted by Crippen LogP contribution is -2.69. The molecule has 0 radical (unpaired) electrons. The molecule has 0 amide bonds. The quantitative estimate of drug-likeness (QED) is 0.251. The van der Waals surface area contributed by atoms with Crippen LogP contribution in [0.25, 0.3) is 0 Å². The Morgan fingerprint density at radius 3 is 2.88 bits per heavy atom. The Kier molecular flexibility index (Phi) is 4.20. The zero-order valence-corrected chi connectivity index (χ0v) is 5.42. The Hall–Kier alpha value is -0.610. The second kappa shape index (κ2) is 4.55. The molecule has 3 nitrogen and oxygen atoms in total. The zero-order valence-electron chi connectivity index (χ0n) is 4.61. The predicted octanol–water partition coefficient (Wildman–Crippen LogP) is -1.21. The molecule has 0 aromatic rings. The topological polar surface area (TPSA) is 51.7 Å². The first-order valence-electron chi connectivity index (χ1n) is 2.23. The highest BCUT2D eigenvalue weighted by Crippen LogP contribution is 1.60. The van der Waals surface area contributed by atoms with Crippen LogP contribution >= 0.6 is 12.2 Å². The van der Waals surface area contributed by atoms with E-state index in [-0.39, 0.29) is 0 Å². The van der Waals surface area contributed by atoms with Gasteiger partial charge in [-0.2, -0.15) is 0 Å². The average molecular weight is 132 g/mol. The van der Waals surface area contributed by atoms with Crippen molar-refractivity contribution in [3.63, 3.8) is 0 Å². The van der Waals surface area contributed by atoms with E-state index >= 15 is 0 Å². The molecule has 0 heterocycles. The molecule has 0 bridgehead atoms. The third-order valence-corrected chi connectivity index (χ3v) is 0.856. The van der Waals surface area contributed by atoms with E-state index in [1.54, 1.807) is 6.08 Å². The Morgan fingerprint density at radius 1 is 1.88 bits per heavy atom. The largest absolute Gasteiger partial charge is 0.355 e. The van der Waals surface area contributed by atoms with Crippen LogP contribution in [-0.2, 0) is 0 Å². The van der Waals surface area contributed by atoms with Gasteiger partial charge in [-0.25, -0.2) is 5.43 Å². The Labute approximate surface area is 53.9 Å². The van der Waals surface area contributed by atoms with Gasteiger partial charge in [0.1, 0.15) is 0 Å².